The normalized spacial score (nSPS) is 15.6. The Morgan fingerprint density at radius 2 is 1.63 bits per heavy atom. The van der Waals surface area contributed by atoms with E-state index in [1.165, 1.54) is 0 Å². The molecule has 2 heterocycles. The third-order valence-corrected chi connectivity index (χ3v) is 5.38. The van der Waals surface area contributed by atoms with E-state index in [9.17, 15) is 9.59 Å². The Hall–Kier alpha value is -3.42. The van der Waals surface area contributed by atoms with Gasteiger partial charge >= 0.3 is 0 Å². The van der Waals surface area contributed by atoms with Crippen molar-refractivity contribution in [2.45, 2.75) is 18.9 Å². The molecule has 8 heteroatoms. The Morgan fingerprint density at radius 3 is 2.37 bits per heavy atom. The van der Waals surface area contributed by atoms with Crippen LogP contribution in [0.25, 0.3) is 0 Å². The minimum absolute atomic E-state index is 0.0115. The largest absolute Gasteiger partial charge is 0.493 e. The number of hydrogen-bond acceptors (Lipinski definition) is 6. The summed E-state index contributed by atoms with van der Waals surface area (Å²) in [6.45, 7) is 1.31. The molecule has 158 valence electrons. The van der Waals surface area contributed by atoms with Crippen molar-refractivity contribution in [2.75, 3.05) is 34.1 Å². The number of fused-ring (bicyclic) bond motifs is 1. The third-order valence-electron chi connectivity index (χ3n) is 5.38. The van der Waals surface area contributed by atoms with E-state index in [0.29, 0.717) is 60.1 Å². The average Bonchev–Trinajstić information content (AvgIpc) is 3.26. The van der Waals surface area contributed by atoms with Gasteiger partial charge in [-0.3, -0.25) is 9.59 Å². The summed E-state index contributed by atoms with van der Waals surface area (Å²) >= 11 is 0. The van der Waals surface area contributed by atoms with E-state index in [-0.39, 0.29) is 24.6 Å². The molecule has 2 amide bonds. The molecule has 4 rings (SSSR count). The number of methoxy groups -OCH3 is 2. The number of rotatable bonds is 5. The molecule has 2 aromatic carbocycles. The van der Waals surface area contributed by atoms with Crippen molar-refractivity contribution in [3.63, 3.8) is 0 Å². The highest BCUT2D eigenvalue weighted by Gasteiger charge is 2.26. The first-order valence-electron chi connectivity index (χ1n) is 9.81. The Labute approximate surface area is 174 Å². The van der Waals surface area contributed by atoms with Crippen LogP contribution in [-0.4, -0.2) is 56.9 Å². The minimum atomic E-state index is -0.155. The zero-order valence-corrected chi connectivity index (χ0v) is 17.0. The number of nitrogens with zero attached hydrogens (tertiary/aromatic N) is 1. The fourth-order valence-corrected chi connectivity index (χ4v) is 3.69. The van der Waals surface area contributed by atoms with Crippen molar-refractivity contribution >= 4 is 11.8 Å². The van der Waals surface area contributed by atoms with E-state index in [1.807, 2.05) is 0 Å². The van der Waals surface area contributed by atoms with Crippen LogP contribution in [0, 0.1) is 0 Å². The van der Waals surface area contributed by atoms with E-state index >= 15 is 0 Å². The van der Waals surface area contributed by atoms with E-state index < -0.39 is 0 Å². The molecule has 0 bridgehead atoms. The molecule has 2 aliphatic heterocycles. The number of ether oxygens (including phenoxy) is 4. The third kappa shape index (κ3) is 3.98. The van der Waals surface area contributed by atoms with Crippen LogP contribution in [0.2, 0.25) is 0 Å². The summed E-state index contributed by atoms with van der Waals surface area (Å²) in [5.41, 5.74) is 1.08. The topological polar surface area (TPSA) is 86.3 Å². The van der Waals surface area contributed by atoms with E-state index in [2.05, 4.69) is 5.32 Å². The zero-order chi connectivity index (χ0) is 21.1. The molecule has 0 spiro atoms. The van der Waals surface area contributed by atoms with Gasteiger partial charge in [0.2, 0.25) is 6.79 Å². The molecule has 0 unspecified atom stereocenters. The highest BCUT2D eigenvalue weighted by molar-refractivity contribution is 5.96. The van der Waals surface area contributed by atoms with Gasteiger partial charge in [0.05, 0.1) is 14.2 Å². The molecule has 8 nitrogen and oxygen atoms in total. The van der Waals surface area contributed by atoms with Crippen molar-refractivity contribution in [3.8, 4) is 23.0 Å². The fourth-order valence-electron chi connectivity index (χ4n) is 3.69. The lowest BCUT2D eigenvalue weighted by molar-refractivity contribution is 0.0697. The first-order valence-corrected chi connectivity index (χ1v) is 9.81. The smallest absolute Gasteiger partial charge is 0.253 e. The molecule has 0 radical (unpaired) electrons. The number of hydrogen-bond donors (Lipinski definition) is 1. The van der Waals surface area contributed by atoms with Crippen LogP contribution < -0.4 is 24.3 Å². The predicted molar refractivity (Wildman–Crippen MR) is 109 cm³/mol. The minimum Gasteiger partial charge on any atom is -0.493 e. The van der Waals surface area contributed by atoms with Crippen LogP contribution in [-0.2, 0) is 0 Å². The van der Waals surface area contributed by atoms with Crippen molar-refractivity contribution in [1.29, 1.82) is 0 Å². The highest BCUT2D eigenvalue weighted by Crippen LogP contribution is 2.32. The maximum absolute atomic E-state index is 12.8. The number of benzene rings is 2. The van der Waals surface area contributed by atoms with Crippen LogP contribution in [0.15, 0.2) is 36.4 Å². The fraction of sp³-hybridized carbons (Fsp3) is 0.364. The van der Waals surface area contributed by atoms with E-state index in [0.717, 1.165) is 0 Å². The van der Waals surface area contributed by atoms with Crippen LogP contribution >= 0.6 is 0 Å². The maximum atomic E-state index is 12.8. The Morgan fingerprint density at radius 1 is 0.933 bits per heavy atom. The van der Waals surface area contributed by atoms with Gasteiger partial charge in [0.15, 0.2) is 23.0 Å². The van der Waals surface area contributed by atoms with Crippen molar-refractivity contribution in [1.82, 2.24) is 10.2 Å². The lowest BCUT2D eigenvalue weighted by Gasteiger charge is -2.32. The van der Waals surface area contributed by atoms with Crippen molar-refractivity contribution in [2.24, 2.45) is 0 Å². The molecule has 0 atom stereocenters. The van der Waals surface area contributed by atoms with Crippen molar-refractivity contribution in [3.05, 3.63) is 47.5 Å². The first kappa shape index (κ1) is 19.9. The Bertz CT molecular complexity index is 953. The first-order chi connectivity index (χ1) is 14.6. The summed E-state index contributed by atoms with van der Waals surface area (Å²) in [5.74, 6) is 2.12. The standard InChI is InChI=1S/C22H24N2O6/c1-27-17-5-4-15(12-19(17)28-2)22(26)24-9-7-16(8-10-24)23-21(25)14-3-6-18-20(11-14)30-13-29-18/h3-6,11-12,16H,7-10,13H2,1-2H3,(H,23,25). The molecule has 1 fully saturated rings. The maximum Gasteiger partial charge on any atom is 0.253 e. The van der Waals surface area contributed by atoms with Gasteiger partial charge in [0.1, 0.15) is 0 Å². The van der Waals surface area contributed by atoms with E-state index in [4.69, 9.17) is 18.9 Å². The second-order valence-corrected chi connectivity index (χ2v) is 7.18. The molecule has 0 saturated carbocycles. The van der Waals surface area contributed by atoms with Gasteiger partial charge in [-0.1, -0.05) is 0 Å². The summed E-state index contributed by atoms with van der Waals surface area (Å²) in [4.78, 5) is 27.2. The number of nitrogens with one attached hydrogen (secondary N) is 1. The summed E-state index contributed by atoms with van der Waals surface area (Å²) in [6, 6.07) is 10.3. The van der Waals surface area contributed by atoms with Gasteiger partial charge in [-0.05, 0) is 49.2 Å². The Kier molecular flexibility index (Phi) is 5.65. The van der Waals surface area contributed by atoms with Gasteiger partial charge in [0, 0.05) is 30.3 Å². The van der Waals surface area contributed by atoms with Gasteiger partial charge < -0.3 is 29.2 Å². The zero-order valence-electron chi connectivity index (χ0n) is 17.0. The average molecular weight is 412 g/mol. The summed E-state index contributed by atoms with van der Waals surface area (Å²) < 4.78 is 21.1. The second kappa shape index (κ2) is 8.52. The van der Waals surface area contributed by atoms with Crippen LogP contribution in [0.5, 0.6) is 23.0 Å². The molecule has 0 aliphatic carbocycles. The number of amides is 2. The number of likely N-dealkylation sites (tertiary alicyclic amines) is 1. The van der Waals surface area contributed by atoms with Gasteiger partial charge in [-0.2, -0.15) is 0 Å². The van der Waals surface area contributed by atoms with Crippen molar-refractivity contribution < 1.29 is 28.5 Å². The van der Waals surface area contributed by atoms with Crippen LogP contribution in [0.3, 0.4) is 0 Å². The molecule has 2 aromatic rings. The summed E-state index contributed by atoms with van der Waals surface area (Å²) in [7, 11) is 3.10. The van der Waals surface area contributed by atoms with Crippen LogP contribution in [0.4, 0.5) is 0 Å². The summed E-state index contributed by atoms with van der Waals surface area (Å²) in [5, 5.41) is 3.05. The molecular formula is C22H24N2O6. The number of piperidine rings is 1. The lowest BCUT2D eigenvalue weighted by Crippen LogP contribution is -2.46. The molecule has 30 heavy (non-hydrogen) atoms. The lowest BCUT2D eigenvalue weighted by atomic mass is 10.0. The molecule has 0 aromatic heterocycles. The summed E-state index contributed by atoms with van der Waals surface area (Å²) in [6.07, 6.45) is 1.38. The number of carbonyl (C=O) groups is 2. The molecule has 1 N–H and O–H groups in total. The van der Waals surface area contributed by atoms with Gasteiger partial charge in [0.25, 0.3) is 11.8 Å². The Balaban J connectivity index is 1.33. The SMILES string of the molecule is COc1ccc(C(=O)N2CCC(NC(=O)c3ccc4c(c3)OCO4)CC2)cc1OC. The molecule has 2 aliphatic rings. The quantitative estimate of drug-likeness (QED) is 0.812. The highest BCUT2D eigenvalue weighted by atomic mass is 16.7. The van der Waals surface area contributed by atoms with Crippen LogP contribution in [0.1, 0.15) is 33.6 Å². The van der Waals surface area contributed by atoms with E-state index in [1.54, 1.807) is 55.5 Å². The number of carbonyl (C=O) groups excluding carboxylic acids is 2. The predicted octanol–water partition coefficient (Wildman–Crippen LogP) is 2.47. The second-order valence-electron chi connectivity index (χ2n) is 7.18. The molecule has 1 saturated heterocycles. The molecular weight excluding hydrogens is 388 g/mol. The monoisotopic (exact) mass is 412 g/mol. The van der Waals surface area contributed by atoms with Gasteiger partial charge in [-0.25, -0.2) is 0 Å². The van der Waals surface area contributed by atoms with Gasteiger partial charge in [-0.15, -0.1) is 0 Å².